The second-order valence-electron chi connectivity index (χ2n) is 4.23. The van der Waals surface area contributed by atoms with Crippen LogP contribution in [0.3, 0.4) is 0 Å². The molecule has 18 heavy (non-hydrogen) atoms. The van der Waals surface area contributed by atoms with Crippen LogP contribution in [-0.2, 0) is 0 Å². The number of aromatic nitrogens is 1. The van der Waals surface area contributed by atoms with Crippen molar-refractivity contribution in [2.24, 2.45) is 0 Å². The first-order valence-electron chi connectivity index (χ1n) is 6.16. The van der Waals surface area contributed by atoms with E-state index in [1.807, 2.05) is 42.1 Å². The van der Waals surface area contributed by atoms with Gasteiger partial charge in [-0.25, -0.2) is 0 Å². The van der Waals surface area contributed by atoms with E-state index in [-0.39, 0.29) is 5.91 Å². The summed E-state index contributed by atoms with van der Waals surface area (Å²) in [4.78, 5) is 15.0. The molecule has 0 saturated carbocycles. The third-order valence-electron chi connectivity index (χ3n) is 2.84. The first-order chi connectivity index (χ1) is 8.81. The summed E-state index contributed by atoms with van der Waals surface area (Å²) in [5.74, 6) is 1.14. The lowest BCUT2D eigenvalue weighted by Gasteiger charge is -2.02. The fourth-order valence-electron chi connectivity index (χ4n) is 1.86. The Morgan fingerprint density at radius 1 is 1.33 bits per heavy atom. The van der Waals surface area contributed by atoms with Crippen LogP contribution in [0.15, 0.2) is 30.3 Å². The third kappa shape index (κ3) is 3.29. The van der Waals surface area contributed by atoms with Crippen molar-refractivity contribution in [1.82, 2.24) is 10.3 Å². The van der Waals surface area contributed by atoms with Gasteiger partial charge in [-0.3, -0.25) is 4.79 Å². The molecule has 0 atom stereocenters. The van der Waals surface area contributed by atoms with Gasteiger partial charge in [0.1, 0.15) is 5.69 Å². The first kappa shape index (κ1) is 13.0. The Morgan fingerprint density at radius 3 is 2.94 bits per heavy atom. The molecule has 0 unspecified atom stereocenters. The lowest BCUT2D eigenvalue weighted by Crippen LogP contribution is -2.24. The highest BCUT2D eigenvalue weighted by atomic mass is 32.2. The SMILES string of the molecule is CSCCCCNC(=O)c1cc2ccccc2[nH]1. The molecular formula is C14H18N2OS. The van der Waals surface area contributed by atoms with Crippen LogP contribution >= 0.6 is 11.8 Å². The highest BCUT2D eigenvalue weighted by Crippen LogP contribution is 2.14. The molecule has 0 bridgehead atoms. The molecule has 4 heteroatoms. The summed E-state index contributed by atoms with van der Waals surface area (Å²) in [6.07, 6.45) is 4.28. The van der Waals surface area contributed by atoms with Gasteiger partial charge in [-0.2, -0.15) is 11.8 Å². The van der Waals surface area contributed by atoms with Crippen molar-refractivity contribution >= 4 is 28.6 Å². The molecule has 96 valence electrons. The number of rotatable bonds is 6. The van der Waals surface area contributed by atoms with Gasteiger partial charge < -0.3 is 10.3 Å². The Hall–Kier alpha value is -1.42. The minimum absolute atomic E-state index is 0.0182. The van der Waals surface area contributed by atoms with Gasteiger partial charge in [-0.1, -0.05) is 18.2 Å². The van der Waals surface area contributed by atoms with Crippen LogP contribution in [0, 0.1) is 0 Å². The molecule has 0 aliphatic heterocycles. The van der Waals surface area contributed by atoms with Crippen molar-refractivity contribution in [2.75, 3.05) is 18.6 Å². The molecule has 3 nitrogen and oxygen atoms in total. The summed E-state index contributed by atoms with van der Waals surface area (Å²) in [5.41, 5.74) is 1.64. The quantitative estimate of drug-likeness (QED) is 0.786. The molecule has 1 amide bonds. The molecule has 2 aromatic rings. The van der Waals surface area contributed by atoms with Gasteiger partial charge in [0, 0.05) is 17.4 Å². The topological polar surface area (TPSA) is 44.9 Å². The summed E-state index contributed by atoms with van der Waals surface area (Å²) in [6.45, 7) is 0.745. The van der Waals surface area contributed by atoms with Gasteiger partial charge >= 0.3 is 0 Å². The van der Waals surface area contributed by atoms with E-state index >= 15 is 0 Å². The Kier molecular flexibility index (Phi) is 4.70. The summed E-state index contributed by atoms with van der Waals surface area (Å²) in [7, 11) is 0. The molecule has 2 N–H and O–H groups in total. The zero-order chi connectivity index (χ0) is 12.8. The Bertz CT molecular complexity index is 488. The lowest BCUT2D eigenvalue weighted by atomic mass is 10.2. The van der Waals surface area contributed by atoms with Crippen LogP contribution in [-0.4, -0.2) is 29.4 Å². The monoisotopic (exact) mass is 262 g/mol. The number of hydrogen-bond acceptors (Lipinski definition) is 2. The van der Waals surface area contributed by atoms with Crippen LogP contribution in [0.2, 0.25) is 0 Å². The molecule has 1 aromatic carbocycles. The Morgan fingerprint density at radius 2 is 2.17 bits per heavy atom. The summed E-state index contributed by atoms with van der Waals surface area (Å²) in [6, 6.07) is 9.81. The second kappa shape index (κ2) is 6.50. The van der Waals surface area contributed by atoms with E-state index in [0.29, 0.717) is 5.69 Å². The van der Waals surface area contributed by atoms with Crippen molar-refractivity contribution < 1.29 is 4.79 Å². The minimum Gasteiger partial charge on any atom is -0.351 e. The molecular weight excluding hydrogens is 244 g/mol. The largest absolute Gasteiger partial charge is 0.351 e. The molecule has 1 heterocycles. The number of aromatic amines is 1. The van der Waals surface area contributed by atoms with E-state index in [2.05, 4.69) is 16.6 Å². The van der Waals surface area contributed by atoms with Crippen LogP contribution in [0.4, 0.5) is 0 Å². The van der Waals surface area contributed by atoms with E-state index < -0.39 is 0 Å². The molecule has 0 saturated heterocycles. The fraction of sp³-hybridized carbons (Fsp3) is 0.357. The van der Waals surface area contributed by atoms with E-state index in [1.165, 1.54) is 0 Å². The Labute approximate surface area is 111 Å². The average molecular weight is 262 g/mol. The van der Waals surface area contributed by atoms with Crippen molar-refractivity contribution in [1.29, 1.82) is 0 Å². The van der Waals surface area contributed by atoms with Crippen LogP contribution < -0.4 is 5.32 Å². The predicted octanol–water partition coefficient (Wildman–Crippen LogP) is 3.04. The van der Waals surface area contributed by atoms with Crippen molar-refractivity contribution in [2.45, 2.75) is 12.8 Å². The van der Waals surface area contributed by atoms with Gasteiger partial charge in [-0.05, 0) is 37.0 Å². The normalized spacial score (nSPS) is 10.7. The number of carbonyl (C=O) groups is 1. The maximum atomic E-state index is 11.9. The number of carbonyl (C=O) groups excluding carboxylic acids is 1. The highest BCUT2D eigenvalue weighted by molar-refractivity contribution is 7.98. The van der Waals surface area contributed by atoms with Crippen LogP contribution in [0.25, 0.3) is 10.9 Å². The van der Waals surface area contributed by atoms with Gasteiger partial charge in [-0.15, -0.1) is 0 Å². The van der Waals surface area contributed by atoms with E-state index in [9.17, 15) is 4.79 Å². The highest BCUT2D eigenvalue weighted by Gasteiger charge is 2.07. The molecule has 0 aliphatic rings. The van der Waals surface area contributed by atoms with Gasteiger partial charge in [0.25, 0.3) is 5.91 Å². The van der Waals surface area contributed by atoms with Crippen LogP contribution in [0.1, 0.15) is 23.3 Å². The molecule has 2 rings (SSSR count). The predicted molar refractivity (Wildman–Crippen MR) is 78.2 cm³/mol. The first-order valence-corrected chi connectivity index (χ1v) is 7.55. The molecule has 0 fully saturated rings. The molecule has 0 radical (unpaired) electrons. The zero-order valence-electron chi connectivity index (χ0n) is 10.5. The smallest absolute Gasteiger partial charge is 0.267 e. The second-order valence-corrected chi connectivity index (χ2v) is 5.21. The van der Waals surface area contributed by atoms with E-state index in [1.54, 1.807) is 0 Å². The van der Waals surface area contributed by atoms with Crippen molar-refractivity contribution in [3.63, 3.8) is 0 Å². The summed E-state index contributed by atoms with van der Waals surface area (Å²) < 4.78 is 0. The van der Waals surface area contributed by atoms with Gasteiger partial charge in [0.05, 0.1) is 0 Å². The number of para-hydroxylation sites is 1. The number of nitrogens with one attached hydrogen (secondary N) is 2. The molecule has 0 spiro atoms. The number of fused-ring (bicyclic) bond motifs is 1. The van der Waals surface area contributed by atoms with Gasteiger partial charge in [0.15, 0.2) is 0 Å². The number of benzene rings is 1. The van der Waals surface area contributed by atoms with Crippen molar-refractivity contribution in [3.05, 3.63) is 36.0 Å². The number of H-pyrrole nitrogens is 1. The number of thioether (sulfide) groups is 1. The summed E-state index contributed by atoms with van der Waals surface area (Å²) in [5, 5.41) is 4.01. The number of hydrogen-bond donors (Lipinski definition) is 2. The van der Waals surface area contributed by atoms with Crippen molar-refractivity contribution in [3.8, 4) is 0 Å². The third-order valence-corrected chi connectivity index (χ3v) is 3.53. The maximum absolute atomic E-state index is 11.9. The van der Waals surface area contributed by atoms with Crippen LogP contribution in [0.5, 0.6) is 0 Å². The average Bonchev–Trinajstić information content (AvgIpc) is 2.82. The molecule has 1 aromatic heterocycles. The fourth-order valence-corrected chi connectivity index (χ4v) is 2.36. The minimum atomic E-state index is -0.0182. The molecule has 0 aliphatic carbocycles. The standard InChI is InChI=1S/C14H18N2OS/c1-18-9-5-4-8-15-14(17)13-10-11-6-2-3-7-12(11)16-13/h2-3,6-7,10,16H,4-5,8-9H2,1H3,(H,15,17). The zero-order valence-corrected chi connectivity index (χ0v) is 11.3. The lowest BCUT2D eigenvalue weighted by molar-refractivity contribution is 0.0949. The summed E-state index contributed by atoms with van der Waals surface area (Å²) >= 11 is 1.84. The number of amides is 1. The van der Waals surface area contributed by atoms with E-state index in [4.69, 9.17) is 0 Å². The maximum Gasteiger partial charge on any atom is 0.267 e. The van der Waals surface area contributed by atoms with E-state index in [0.717, 1.165) is 36.0 Å². The number of unbranched alkanes of at least 4 members (excludes halogenated alkanes) is 1. The van der Waals surface area contributed by atoms with Gasteiger partial charge in [0.2, 0.25) is 0 Å². The Balaban J connectivity index is 1.88.